The first-order chi connectivity index (χ1) is 18.1. The number of allylic oxidation sites excluding steroid dienone is 2. The van der Waals surface area contributed by atoms with Crippen LogP contribution in [0.15, 0.2) is 28.3 Å². The van der Waals surface area contributed by atoms with Crippen molar-refractivity contribution in [3.05, 3.63) is 23.3 Å². The fourth-order valence-corrected chi connectivity index (χ4v) is 5.55. The first kappa shape index (κ1) is 34.6. The number of hydrogen-bond acceptors (Lipinski definition) is 5. The summed E-state index contributed by atoms with van der Waals surface area (Å²) in [6, 6.07) is -0.179. The summed E-state index contributed by atoms with van der Waals surface area (Å²) in [6.45, 7) is 19.0. The van der Waals surface area contributed by atoms with E-state index in [1.54, 1.807) is 13.0 Å². The Morgan fingerprint density at radius 1 is 1.21 bits per heavy atom. The number of carbonyl (C=O) groups is 2. The van der Waals surface area contributed by atoms with Gasteiger partial charge in [0, 0.05) is 19.1 Å². The molecule has 2 aliphatic rings. The van der Waals surface area contributed by atoms with Crippen LogP contribution in [-0.4, -0.2) is 53.0 Å². The molecule has 3 atom stereocenters. The van der Waals surface area contributed by atoms with Gasteiger partial charge in [-0.1, -0.05) is 53.7 Å². The maximum Gasteiger partial charge on any atom is 0.333 e. The Kier molecular flexibility index (Phi) is 13.2. The molecule has 3 unspecified atom stereocenters. The number of hydrogen-bond donors (Lipinski definition) is 1. The molecule has 1 saturated carbocycles. The summed E-state index contributed by atoms with van der Waals surface area (Å²) in [5.41, 5.74) is 1.29. The van der Waals surface area contributed by atoms with Gasteiger partial charge in [0.1, 0.15) is 5.66 Å². The standard InChI is InChI=1S/C32H50N2O3.CH4O/c1-11-13-25(16-15-24(4)29(36)37-23(2)3)27(18-20-30(5,6)7)34-28(35)22-33-32(34)19-12-14-26(17-21-32)31(8,9)10;1-2/h1,15-16,22-23,26-27H,12-14,17-21H2,2-10H3;2H,1H3/b24-15+,25-16+;. The Morgan fingerprint density at radius 2 is 1.85 bits per heavy atom. The monoisotopic (exact) mass is 542 g/mol. The van der Waals surface area contributed by atoms with Gasteiger partial charge in [-0.15, -0.1) is 12.3 Å². The smallest absolute Gasteiger partial charge is 0.333 e. The van der Waals surface area contributed by atoms with Gasteiger partial charge in [-0.3, -0.25) is 9.79 Å². The predicted octanol–water partition coefficient (Wildman–Crippen LogP) is 6.87. The van der Waals surface area contributed by atoms with Crippen molar-refractivity contribution in [2.45, 2.75) is 131 Å². The summed E-state index contributed by atoms with van der Waals surface area (Å²) in [5, 5.41) is 7.00. The largest absolute Gasteiger partial charge is 0.460 e. The highest BCUT2D eigenvalue weighted by Gasteiger charge is 2.48. The van der Waals surface area contributed by atoms with Crippen LogP contribution >= 0.6 is 0 Å². The van der Waals surface area contributed by atoms with E-state index in [2.05, 4.69) is 47.5 Å². The second-order valence-electron chi connectivity index (χ2n) is 13.5. The lowest BCUT2D eigenvalue weighted by molar-refractivity contribution is -0.142. The van der Waals surface area contributed by atoms with Crippen LogP contribution in [0.1, 0.15) is 114 Å². The van der Waals surface area contributed by atoms with Crippen molar-refractivity contribution >= 4 is 18.1 Å². The molecular formula is C33H54N2O4. The highest BCUT2D eigenvalue weighted by molar-refractivity contribution is 6.28. The van der Waals surface area contributed by atoms with E-state index < -0.39 is 5.66 Å². The highest BCUT2D eigenvalue weighted by atomic mass is 16.5. The minimum atomic E-state index is -0.525. The molecule has 1 spiro atoms. The summed E-state index contributed by atoms with van der Waals surface area (Å²) >= 11 is 0. The third kappa shape index (κ3) is 10.3. The van der Waals surface area contributed by atoms with Crippen LogP contribution < -0.4 is 0 Å². The Hall–Kier alpha value is -2.39. The number of amides is 1. The van der Waals surface area contributed by atoms with Gasteiger partial charge in [0.15, 0.2) is 0 Å². The van der Waals surface area contributed by atoms with Crippen LogP contribution in [0.4, 0.5) is 0 Å². The second kappa shape index (κ2) is 14.8. The van der Waals surface area contributed by atoms with E-state index in [0.29, 0.717) is 17.9 Å². The van der Waals surface area contributed by atoms with Crippen LogP contribution in [0.5, 0.6) is 0 Å². The molecule has 0 radical (unpaired) electrons. The van der Waals surface area contributed by atoms with Crippen LogP contribution in [-0.2, 0) is 14.3 Å². The SMILES string of the molecule is C#CC/C(=C\C=C(/C)C(=O)OC(C)C)C(CCC(C)(C)C)N1C(=O)C=NC12CCCC(C(C)(C)C)CC2.CO. The Balaban J connectivity index is 0.00000371. The molecule has 1 heterocycles. The van der Waals surface area contributed by atoms with E-state index in [9.17, 15) is 9.59 Å². The molecule has 0 aromatic carbocycles. The molecule has 6 heteroatoms. The van der Waals surface area contributed by atoms with E-state index in [0.717, 1.165) is 57.6 Å². The average molecular weight is 543 g/mol. The Morgan fingerprint density at radius 3 is 2.38 bits per heavy atom. The summed E-state index contributed by atoms with van der Waals surface area (Å²) in [5.74, 6) is 3.04. The number of terminal acetylenes is 1. The number of ether oxygens (including phenoxy) is 1. The van der Waals surface area contributed by atoms with Gasteiger partial charge in [-0.25, -0.2) is 4.79 Å². The Labute approximate surface area is 238 Å². The highest BCUT2D eigenvalue weighted by Crippen LogP contribution is 2.45. The zero-order valence-electron chi connectivity index (χ0n) is 26.3. The molecule has 1 aliphatic carbocycles. The molecule has 2 rings (SSSR count). The van der Waals surface area contributed by atoms with Gasteiger partial charge in [0.25, 0.3) is 5.91 Å². The van der Waals surface area contributed by atoms with Crippen molar-refractivity contribution in [3.8, 4) is 12.3 Å². The zero-order chi connectivity index (χ0) is 30.0. The van der Waals surface area contributed by atoms with Crippen LogP contribution in [0, 0.1) is 29.1 Å². The van der Waals surface area contributed by atoms with Gasteiger partial charge in [-0.2, -0.15) is 0 Å². The number of aliphatic hydroxyl groups is 1. The molecule has 1 N–H and O–H groups in total. The topological polar surface area (TPSA) is 79.2 Å². The third-order valence-corrected chi connectivity index (χ3v) is 7.77. The van der Waals surface area contributed by atoms with E-state index in [-0.39, 0.29) is 34.9 Å². The quantitative estimate of drug-likeness (QED) is 0.157. The minimum Gasteiger partial charge on any atom is -0.460 e. The second-order valence-corrected chi connectivity index (χ2v) is 13.5. The fourth-order valence-electron chi connectivity index (χ4n) is 5.55. The van der Waals surface area contributed by atoms with Gasteiger partial charge in [0.2, 0.25) is 0 Å². The lowest BCUT2D eigenvalue weighted by Gasteiger charge is -2.43. The van der Waals surface area contributed by atoms with Crippen molar-refractivity contribution in [2.24, 2.45) is 21.7 Å². The van der Waals surface area contributed by atoms with Crippen LogP contribution in [0.2, 0.25) is 0 Å². The minimum absolute atomic E-state index is 0.0315. The molecule has 0 aromatic heterocycles. The summed E-state index contributed by atoms with van der Waals surface area (Å²) in [6.07, 6.45) is 18.0. The van der Waals surface area contributed by atoms with Gasteiger partial charge in [-0.05, 0) is 88.0 Å². The predicted molar refractivity (Wildman–Crippen MR) is 161 cm³/mol. The molecule has 220 valence electrons. The number of carbonyl (C=O) groups excluding carboxylic acids is 2. The summed E-state index contributed by atoms with van der Waals surface area (Å²) in [4.78, 5) is 32.9. The fraction of sp³-hybridized carbons (Fsp3) is 0.727. The van der Waals surface area contributed by atoms with Crippen LogP contribution in [0.25, 0.3) is 0 Å². The normalized spacial score (nSPS) is 23.3. The number of aliphatic imine (C=N–C) groups is 1. The van der Waals surface area contributed by atoms with Crippen molar-refractivity contribution in [1.29, 1.82) is 0 Å². The third-order valence-electron chi connectivity index (χ3n) is 7.77. The first-order valence-corrected chi connectivity index (χ1v) is 14.4. The summed E-state index contributed by atoms with van der Waals surface area (Å²) in [7, 11) is 1.00. The van der Waals surface area contributed by atoms with Gasteiger partial charge >= 0.3 is 5.97 Å². The number of nitrogens with zero attached hydrogens (tertiary/aromatic N) is 2. The van der Waals surface area contributed by atoms with E-state index >= 15 is 0 Å². The lowest BCUT2D eigenvalue weighted by atomic mass is 9.76. The maximum atomic E-state index is 13.5. The first-order valence-electron chi connectivity index (χ1n) is 14.4. The van der Waals surface area contributed by atoms with Crippen molar-refractivity contribution in [1.82, 2.24) is 4.90 Å². The van der Waals surface area contributed by atoms with E-state index in [4.69, 9.17) is 21.3 Å². The molecule has 1 amide bonds. The molecular weight excluding hydrogens is 488 g/mol. The van der Waals surface area contributed by atoms with E-state index in [1.807, 2.05) is 24.8 Å². The van der Waals surface area contributed by atoms with Crippen molar-refractivity contribution in [2.75, 3.05) is 7.11 Å². The number of rotatable bonds is 8. The lowest BCUT2D eigenvalue weighted by Crippen LogP contribution is -2.52. The molecule has 39 heavy (non-hydrogen) atoms. The molecule has 1 fully saturated rings. The molecule has 6 nitrogen and oxygen atoms in total. The zero-order valence-corrected chi connectivity index (χ0v) is 26.3. The van der Waals surface area contributed by atoms with Gasteiger partial charge < -0.3 is 14.7 Å². The number of esters is 1. The summed E-state index contributed by atoms with van der Waals surface area (Å²) < 4.78 is 5.35. The molecule has 0 bridgehead atoms. The molecule has 0 saturated heterocycles. The molecule has 0 aromatic rings. The number of aliphatic hydroxyl groups excluding tert-OH is 1. The van der Waals surface area contributed by atoms with Crippen molar-refractivity contribution < 1.29 is 19.4 Å². The van der Waals surface area contributed by atoms with Crippen molar-refractivity contribution in [3.63, 3.8) is 0 Å². The van der Waals surface area contributed by atoms with E-state index in [1.165, 1.54) is 6.21 Å². The Bertz CT molecular complexity index is 956. The molecule has 1 aliphatic heterocycles. The van der Waals surface area contributed by atoms with Gasteiger partial charge in [0.05, 0.1) is 18.4 Å². The average Bonchev–Trinajstić information content (AvgIpc) is 3.00. The van der Waals surface area contributed by atoms with Crippen LogP contribution in [0.3, 0.4) is 0 Å². The maximum absolute atomic E-state index is 13.5.